The van der Waals surface area contributed by atoms with E-state index < -0.39 is 18.3 Å². The van der Waals surface area contributed by atoms with E-state index in [1.807, 2.05) is 52.9 Å². The molecule has 1 aromatic carbocycles. The number of aliphatic hydroxyl groups excluding tert-OH is 1. The summed E-state index contributed by atoms with van der Waals surface area (Å²) in [5.74, 6) is 0. The topological polar surface area (TPSA) is 67.4 Å². The summed E-state index contributed by atoms with van der Waals surface area (Å²) in [6.07, 6.45) is 2.70. The first kappa shape index (κ1) is 18.0. The summed E-state index contributed by atoms with van der Waals surface area (Å²) in [6, 6.07) is 6.20. The van der Waals surface area contributed by atoms with Gasteiger partial charge in [0.2, 0.25) is 0 Å². The SMILES string of the molecule is Cc1cc2c(cc1C#N)c(B1OC(C)(C)C(C)(C)O1)cn2CCCO. The first-order valence-corrected chi connectivity index (χ1v) is 8.70. The molecule has 0 bridgehead atoms. The van der Waals surface area contributed by atoms with Gasteiger partial charge in [0.1, 0.15) is 0 Å². The zero-order valence-corrected chi connectivity index (χ0v) is 15.6. The van der Waals surface area contributed by atoms with Gasteiger partial charge in [0.05, 0.1) is 22.8 Å². The van der Waals surface area contributed by atoms with Gasteiger partial charge in [-0.1, -0.05) is 0 Å². The van der Waals surface area contributed by atoms with Crippen LogP contribution in [-0.4, -0.2) is 34.6 Å². The zero-order valence-electron chi connectivity index (χ0n) is 15.6. The molecule has 1 saturated heterocycles. The average molecular weight is 340 g/mol. The highest BCUT2D eigenvalue weighted by Gasteiger charge is 2.52. The summed E-state index contributed by atoms with van der Waals surface area (Å²) in [5.41, 5.74) is 2.74. The Hall–Kier alpha value is -1.81. The van der Waals surface area contributed by atoms with Crippen molar-refractivity contribution >= 4 is 23.5 Å². The van der Waals surface area contributed by atoms with Crippen molar-refractivity contribution in [1.82, 2.24) is 4.57 Å². The molecule has 0 unspecified atom stereocenters. The monoisotopic (exact) mass is 340 g/mol. The summed E-state index contributed by atoms with van der Waals surface area (Å²) >= 11 is 0. The minimum atomic E-state index is -0.475. The normalized spacial score (nSPS) is 18.7. The predicted molar refractivity (Wildman–Crippen MR) is 98.8 cm³/mol. The van der Waals surface area contributed by atoms with Crippen LogP contribution in [0.15, 0.2) is 18.3 Å². The number of aryl methyl sites for hydroxylation is 2. The molecule has 0 amide bonds. The second kappa shape index (κ2) is 6.17. The largest absolute Gasteiger partial charge is 0.497 e. The van der Waals surface area contributed by atoms with Crippen LogP contribution in [0.5, 0.6) is 0 Å². The maximum Gasteiger partial charge on any atom is 0.497 e. The second-order valence-corrected chi connectivity index (χ2v) is 7.74. The van der Waals surface area contributed by atoms with E-state index in [0.717, 1.165) is 21.9 Å². The summed E-state index contributed by atoms with van der Waals surface area (Å²) in [4.78, 5) is 0. The number of aromatic nitrogens is 1. The highest BCUT2D eigenvalue weighted by molar-refractivity contribution is 6.65. The van der Waals surface area contributed by atoms with E-state index >= 15 is 0 Å². The lowest BCUT2D eigenvalue weighted by atomic mass is 9.78. The van der Waals surface area contributed by atoms with E-state index in [0.29, 0.717) is 18.5 Å². The Morgan fingerprint density at radius 1 is 1.20 bits per heavy atom. The molecule has 2 aromatic rings. The van der Waals surface area contributed by atoms with Gasteiger partial charge in [-0.3, -0.25) is 0 Å². The van der Waals surface area contributed by atoms with Crippen LogP contribution in [-0.2, 0) is 15.9 Å². The smallest absolute Gasteiger partial charge is 0.399 e. The number of fused-ring (bicyclic) bond motifs is 1. The molecule has 3 rings (SSSR count). The maximum absolute atomic E-state index is 9.40. The molecular weight excluding hydrogens is 315 g/mol. The average Bonchev–Trinajstić information content (AvgIpc) is 2.98. The quantitative estimate of drug-likeness (QED) is 0.869. The van der Waals surface area contributed by atoms with Gasteiger partial charge >= 0.3 is 7.12 Å². The Balaban J connectivity index is 2.13. The van der Waals surface area contributed by atoms with E-state index in [9.17, 15) is 10.4 Å². The van der Waals surface area contributed by atoms with Gasteiger partial charge in [-0.2, -0.15) is 5.26 Å². The third-order valence-electron chi connectivity index (χ3n) is 5.44. The fourth-order valence-corrected chi connectivity index (χ4v) is 3.17. The molecule has 1 aliphatic rings. The van der Waals surface area contributed by atoms with Crippen LogP contribution in [0.3, 0.4) is 0 Å². The summed E-state index contributed by atoms with van der Waals surface area (Å²) in [6.45, 7) is 10.9. The lowest BCUT2D eigenvalue weighted by Gasteiger charge is -2.32. The highest BCUT2D eigenvalue weighted by atomic mass is 16.7. The number of nitriles is 1. The first-order chi connectivity index (χ1) is 11.7. The molecule has 1 fully saturated rings. The molecule has 0 spiro atoms. The Morgan fingerprint density at radius 3 is 2.40 bits per heavy atom. The van der Waals surface area contributed by atoms with Gasteiger partial charge in [-0.15, -0.1) is 0 Å². The number of rotatable bonds is 4. The lowest BCUT2D eigenvalue weighted by molar-refractivity contribution is 0.00578. The summed E-state index contributed by atoms with van der Waals surface area (Å²) < 4.78 is 14.5. The molecule has 5 nitrogen and oxygen atoms in total. The highest BCUT2D eigenvalue weighted by Crippen LogP contribution is 2.37. The van der Waals surface area contributed by atoms with Crippen LogP contribution < -0.4 is 5.46 Å². The summed E-state index contributed by atoms with van der Waals surface area (Å²) in [5, 5.41) is 19.6. The molecule has 132 valence electrons. The van der Waals surface area contributed by atoms with Gasteiger partial charge in [-0.05, 0) is 58.7 Å². The molecule has 0 aliphatic carbocycles. The maximum atomic E-state index is 9.40. The standard InChI is InChI=1S/C19H25BN2O3/c1-13-9-17-15(10-14(13)11-21)16(12-22(17)7-6-8-23)20-24-18(2,3)19(4,5)25-20/h9-10,12,23H,6-8H2,1-5H3. The van der Waals surface area contributed by atoms with Crippen molar-refractivity contribution in [3.63, 3.8) is 0 Å². The predicted octanol–water partition coefficient (Wildman–Crippen LogP) is 2.50. The van der Waals surface area contributed by atoms with Crippen LogP contribution >= 0.6 is 0 Å². The molecular formula is C19H25BN2O3. The van der Waals surface area contributed by atoms with Gasteiger partial charge in [0.15, 0.2) is 0 Å². The second-order valence-electron chi connectivity index (χ2n) is 7.74. The van der Waals surface area contributed by atoms with Crippen molar-refractivity contribution in [2.24, 2.45) is 0 Å². The minimum Gasteiger partial charge on any atom is -0.399 e. The van der Waals surface area contributed by atoms with Crippen LogP contribution in [0, 0.1) is 18.3 Å². The molecule has 1 aliphatic heterocycles. The zero-order chi connectivity index (χ0) is 18.4. The Labute approximate surface area is 149 Å². The van der Waals surface area contributed by atoms with Crippen molar-refractivity contribution in [1.29, 1.82) is 5.26 Å². The van der Waals surface area contributed by atoms with E-state index in [2.05, 4.69) is 10.6 Å². The molecule has 25 heavy (non-hydrogen) atoms. The number of hydrogen-bond donors (Lipinski definition) is 1. The van der Waals surface area contributed by atoms with E-state index in [1.54, 1.807) is 0 Å². The molecule has 2 heterocycles. The van der Waals surface area contributed by atoms with Crippen molar-refractivity contribution in [3.05, 3.63) is 29.5 Å². The van der Waals surface area contributed by atoms with Gasteiger partial charge in [-0.25, -0.2) is 0 Å². The van der Waals surface area contributed by atoms with Gasteiger partial charge in [0, 0.05) is 35.7 Å². The molecule has 6 heteroatoms. The third kappa shape index (κ3) is 2.97. The fourth-order valence-electron chi connectivity index (χ4n) is 3.17. The minimum absolute atomic E-state index is 0.140. The molecule has 1 aromatic heterocycles. The van der Waals surface area contributed by atoms with E-state index in [-0.39, 0.29) is 6.61 Å². The Bertz CT molecular complexity index is 832. The Kier molecular flexibility index (Phi) is 4.44. The molecule has 0 atom stereocenters. The fraction of sp³-hybridized carbons (Fsp3) is 0.526. The van der Waals surface area contributed by atoms with Crippen LogP contribution in [0.4, 0.5) is 0 Å². The van der Waals surface area contributed by atoms with Crippen LogP contribution in [0.2, 0.25) is 0 Å². The summed E-state index contributed by atoms with van der Waals surface area (Å²) in [7, 11) is -0.475. The number of nitrogens with zero attached hydrogens (tertiary/aromatic N) is 2. The van der Waals surface area contributed by atoms with Gasteiger partial charge < -0.3 is 19.0 Å². The van der Waals surface area contributed by atoms with Crippen molar-refractivity contribution in [3.8, 4) is 6.07 Å². The van der Waals surface area contributed by atoms with Crippen molar-refractivity contribution < 1.29 is 14.4 Å². The van der Waals surface area contributed by atoms with Crippen molar-refractivity contribution in [2.45, 2.75) is 58.8 Å². The number of benzene rings is 1. The molecule has 0 radical (unpaired) electrons. The third-order valence-corrected chi connectivity index (χ3v) is 5.44. The van der Waals surface area contributed by atoms with Gasteiger partial charge in [0.25, 0.3) is 0 Å². The van der Waals surface area contributed by atoms with E-state index in [4.69, 9.17) is 9.31 Å². The van der Waals surface area contributed by atoms with E-state index in [1.165, 1.54) is 0 Å². The number of aliphatic hydroxyl groups is 1. The van der Waals surface area contributed by atoms with Crippen LogP contribution in [0.1, 0.15) is 45.2 Å². The Morgan fingerprint density at radius 2 is 1.84 bits per heavy atom. The first-order valence-electron chi connectivity index (χ1n) is 8.70. The van der Waals surface area contributed by atoms with Crippen molar-refractivity contribution in [2.75, 3.05) is 6.61 Å². The van der Waals surface area contributed by atoms with Crippen LogP contribution in [0.25, 0.3) is 10.9 Å². The lowest BCUT2D eigenvalue weighted by Crippen LogP contribution is -2.41. The molecule has 1 N–H and O–H groups in total. The number of hydrogen-bond acceptors (Lipinski definition) is 4. The molecule has 0 saturated carbocycles.